The lowest BCUT2D eigenvalue weighted by Gasteiger charge is -2.43. The summed E-state index contributed by atoms with van der Waals surface area (Å²) in [4.78, 5) is 14.3. The molecule has 1 heterocycles. The highest BCUT2D eigenvalue weighted by atomic mass is 35.5. The Morgan fingerprint density at radius 3 is 2.68 bits per heavy atom. The van der Waals surface area contributed by atoms with Crippen molar-refractivity contribution in [2.45, 2.75) is 37.5 Å². The second kappa shape index (κ2) is 9.52. The molecule has 2 atom stereocenters. The van der Waals surface area contributed by atoms with E-state index in [-0.39, 0.29) is 19.0 Å². The summed E-state index contributed by atoms with van der Waals surface area (Å²) in [6.07, 6.45) is 0.570. The van der Waals surface area contributed by atoms with Crippen molar-refractivity contribution in [3.8, 4) is 0 Å². The Morgan fingerprint density at radius 2 is 1.93 bits per heavy atom. The minimum atomic E-state index is -1.36. The van der Waals surface area contributed by atoms with Gasteiger partial charge in [-0.15, -0.1) is 0 Å². The number of carbonyl (C=O) groups excluding carboxylic acids is 1. The Kier molecular flexibility index (Phi) is 7.08. The van der Waals surface area contributed by atoms with E-state index < -0.39 is 11.7 Å². The van der Waals surface area contributed by atoms with Gasteiger partial charge in [0, 0.05) is 31.1 Å². The van der Waals surface area contributed by atoms with E-state index in [1.54, 1.807) is 4.90 Å². The molecule has 0 aromatic heterocycles. The highest BCUT2D eigenvalue weighted by Gasteiger charge is 2.42. The fourth-order valence-corrected chi connectivity index (χ4v) is 3.79. The molecule has 1 aliphatic rings. The van der Waals surface area contributed by atoms with Crippen LogP contribution in [0.4, 0.5) is 0 Å². The Balaban J connectivity index is 1.52. The second-order valence-electron chi connectivity index (χ2n) is 7.44. The topological polar surface area (TPSA) is 72.8 Å². The highest BCUT2D eigenvalue weighted by Crippen LogP contribution is 2.22. The lowest BCUT2D eigenvalue weighted by molar-refractivity contribution is -0.151. The molecule has 150 valence electrons. The third-order valence-electron chi connectivity index (χ3n) is 5.23. The Morgan fingerprint density at radius 1 is 1.18 bits per heavy atom. The molecular formula is C22H27ClN2O3. The molecule has 1 aliphatic heterocycles. The van der Waals surface area contributed by atoms with Crippen molar-refractivity contribution in [2.24, 2.45) is 0 Å². The minimum Gasteiger partial charge on any atom is -0.390 e. The van der Waals surface area contributed by atoms with E-state index in [0.29, 0.717) is 37.4 Å². The molecule has 0 spiro atoms. The number of hydrogen-bond acceptors (Lipinski definition) is 4. The zero-order valence-corrected chi connectivity index (χ0v) is 16.6. The van der Waals surface area contributed by atoms with Crippen LogP contribution in [0.5, 0.6) is 0 Å². The first-order valence-corrected chi connectivity index (χ1v) is 10.0. The van der Waals surface area contributed by atoms with E-state index in [1.165, 1.54) is 0 Å². The molecular weight excluding hydrogens is 376 g/mol. The molecule has 0 unspecified atom stereocenters. The zero-order chi connectivity index (χ0) is 20.0. The zero-order valence-electron chi connectivity index (χ0n) is 15.9. The number of piperidine rings is 1. The van der Waals surface area contributed by atoms with Gasteiger partial charge in [-0.25, -0.2) is 0 Å². The fourth-order valence-electron chi connectivity index (χ4n) is 3.57. The Labute approximate surface area is 170 Å². The number of aliphatic hydroxyl groups excluding tert-OH is 1. The van der Waals surface area contributed by atoms with Gasteiger partial charge in [0.2, 0.25) is 5.91 Å². The maximum Gasteiger partial charge on any atom is 0.223 e. The van der Waals surface area contributed by atoms with Crippen LogP contribution in [0.3, 0.4) is 0 Å². The first kappa shape index (κ1) is 20.8. The monoisotopic (exact) mass is 402 g/mol. The predicted molar refractivity (Wildman–Crippen MR) is 110 cm³/mol. The predicted octanol–water partition coefficient (Wildman–Crippen LogP) is 2.39. The van der Waals surface area contributed by atoms with Crippen LogP contribution in [-0.4, -0.2) is 52.4 Å². The first-order chi connectivity index (χ1) is 13.5. The third-order valence-corrected chi connectivity index (χ3v) is 5.46. The molecule has 0 radical (unpaired) electrons. The number of halogens is 1. The Bertz CT molecular complexity index is 786. The second-order valence-corrected chi connectivity index (χ2v) is 7.88. The molecule has 0 saturated carbocycles. The summed E-state index contributed by atoms with van der Waals surface area (Å²) in [5.41, 5.74) is 0.753. The van der Waals surface area contributed by atoms with Gasteiger partial charge in [0.25, 0.3) is 0 Å². The number of rotatable bonds is 7. The van der Waals surface area contributed by atoms with Crippen LogP contribution in [-0.2, 0) is 17.8 Å². The van der Waals surface area contributed by atoms with E-state index in [9.17, 15) is 15.0 Å². The van der Waals surface area contributed by atoms with Crippen LogP contribution >= 0.6 is 11.6 Å². The SMILES string of the molecule is O=C(CCc1ccccc1)N1CC[C@H](O)[C@@](O)(CNCc2cccc(Cl)c2)C1. The molecule has 2 aromatic rings. The van der Waals surface area contributed by atoms with Gasteiger partial charge in [-0.3, -0.25) is 4.79 Å². The number of carbonyl (C=O) groups is 1. The molecule has 28 heavy (non-hydrogen) atoms. The summed E-state index contributed by atoms with van der Waals surface area (Å²) in [5, 5.41) is 25.1. The maximum absolute atomic E-state index is 12.6. The molecule has 1 saturated heterocycles. The molecule has 6 heteroatoms. The number of amides is 1. The molecule has 3 rings (SSSR count). The van der Waals surface area contributed by atoms with Crippen LogP contribution in [0.25, 0.3) is 0 Å². The molecule has 1 fully saturated rings. The van der Waals surface area contributed by atoms with Gasteiger partial charge in [-0.2, -0.15) is 0 Å². The van der Waals surface area contributed by atoms with Crippen molar-refractivity contribution >= 4 is 17.5 Å². The van der Waals surface area contributed by atoms with E-state index in [2.05, 4.69) is 5.32 Å². The molecule has 3 N–H and O–H groups in total. The summed E-state index contributed by atoms with van der Waals surface area (Å²) < 4.78 is 0. The van der Waals surface area contributed by atoms with Gasteiger partial charge < -0.3 is 20.4 Å². The van der Waals surface area contributed by atoms with E-state index in [0.717, 1.165) is 11.1 Å². The van der Waals surface area contributed by atoms with E-state index >= 15 is 0 Å². The summed E-state index contributed by atoms with van der Waals surface area (Å²) in [6.45, 7) is 1.32. The van der Waals surface area contributed by atoms with Gasteiger partial charge in [0.15, 0.2) is 0 Å². The van der Waals surface area contributed by atoms with Gasteiger partial charge in [-0.05, 0) is 36.1 Å². The van der Waals surface area contributed by atoms with Crippen LogP contribution in [0, 0.1) is 0 Å². The van der Waals surface area contributed by atoms with E-state index in [4.69, 9.17) is 11.6 Å². The molecule has 0 bridgehead atoms. The van der Waals surface area contributed by atoms with Crippen LogP contribution in [0.1, 0.15) is 24.0 Å². The summed E-state index contributed by atoms with van der Waals surface area (Å²) >= 11 is 5.99. The molecule has 5 nitrogen and oxygen atoms in total. The van der Waals surface area contributed by atoms with Gasteiger partial charge in [-0.1, -0.05) is 54.1 Å². The van der Waals surface area contributed by atoms with Gasteiger partial charge >= 0.3 is 0 Å². The average Bonchev–Trinajstić information content (AvgIpc) is 2.69. The van der Waals surface area contributed by atoms with Crippen molar-refractivity contribution < 1.29 is 15.0 Å². The highest BCUT2D eigenvalue weighted by molar-refractivity contribution is 6.30. The number of likely N-dealkylation sites (tertiary alicyclic amines) is 1. The minimum absolute atomic E-state index is 0.00372. The first-order valence-electron chi connectivity index (χ1n) is 9.63. The normalized spacial score (nSPS) is 22.2. The number of β-amino-alcohol motifs (C(OH)–C–C–N with tert-alkyl or cyclic N) is 1. The van der Waals surface area contributed by atoms with Crippen LogP contribution in [0.15, 0.2) is 54.6 Å². The standard InChI is InChI=1S/C22H27ClN2O3/c23-19-8-4-7-18(13-19)14-24-15-22(28)16-25(12-11-20(22)26)21(27)10-9-17-5-2-1-3-6-17/h1-8,13,20,24,26,28H,9-12,14-16H2/t20-,22+/m0/s1. The summed E-state index contributed by atoms with van der Waals surface area (Å²) in [7, 11) is 0. The van der Waals surface area contributed by atoms with Crippen LogP contribution < -0.4 is 5.32 Å². The smallest absolute Gasteiger partial charge is 0.223 e. The van der Waals surface area contributed by atoms with Crippen molar-refractivity contribution in [1.82, 2.24) is 10.2 Å². The maximum atomic E-state index is 12.6. The largest absolute Gasteiger partial charge is 0.390 e. The molecule has 0 aliphatic carbocycles. The summed E-state index contributed by atoms with van der Waals surface area (Å²) in [5.74, 6) is 0.00372. The number of hydrogen-bond donors (Lipinski definition) is 3. The van der Waals surface area contributed by atoms with Crippen molar-refractivity contribution in [3.05, 3.63) is 70.7 Å². The lowest BCUT2D eigenvalue weighted by atomic mass is 9.89. The van der Waals surface area contributed by atoms with Gasteiger partial charge in [0.05, 0.1) is 12.6 Å². The number of nitrogens with one attached hydrogen (secondary N) is 1. The van der Waals surface area contributed by atoms with Crippen molar-refractivity contribution in [3.63, 3.8) is 0 Å². The van der Waals surface area contributed by atoms with Crippen molar-refractivity contribution in [2.75, 3.05) is 19.6 Å². The third kappa shape index (κ3) is 5.55. The van der Waals surface area contributed by atoms with Crippen LogP contribution in [0.2, 0.25) is 5.02 Å². The summed E-state index contributed by atoms with van der Waals surface area (Å²) in [6, 6.07) is 17.4. The van der Waals surface area contributed by atoms with E-state index in [1.807, 2.05) is 54.6 Å². The quantitative estimate of drug-likeness (QED) is 0.665. The van der Waals surface area contributed by atoms with Crippen molar-refractivity contribution in [1.29, 1.82) is 0 Å². The Hall–Kier alpha value is -1.92. The number of aliphatic hydroxyl groups is 2. The number of nitrogens with zero attached hydrogens (tertiary/aromatic N) is 1. The lowest BCUT2D eigenvalue weighted by Crippen LogP contribution is -2.62. The number of aryl methyl sites for hydroxylation is 1. The van der Waals surface area contributed by atoms with Gasteiger partial charge in [0.1, 0.15) is 5.60 Å². The molecule has 2 aromatic carbocycles. The average molecular weight is 403 g/mol. The fraction of sp³-hybridized carbons (Fsp3) is 0.409. The number of benzene rings is 2. The molecule has 1 amide bonds.